The van der Waals surface area contributed by atoms with Crippen molar-refractivity contribution in [1.82, 2.24) is 14.7 Å². The van der Waals surface area contributed by atoms with Crippen LogP contribution in [0.25, 0.3) is 0 Å². The molecule has 0 aromatic carbocycles. The third-order valence-corrected chi connectivity index (χ3v) is 4.94. The fourth-order valence-corrected chi connectivity index (χ4v) is 4.03. The number of hydrogen-bond acceptors (Lipinski definition) is 3. The molecule has 1 amide bonds. The average molecular weight is 417 g/mol. The van der Waals surface area contributed by atoms with E-state index in [1.807, 2.05) is 25.7 Å². The molecule has 2 atom stereocenters. The van der Waals surface area contributed by atoms with E-state index in [9.17, 15) is 4.79 Å². The number of aromatic nitrogens is 2. The van der Waals surface area contributed by atoms with Gasteiger partial charge in [-0.15, -0.1) is 0 Å². The molecule has 2 fully saturated rings. The minimum atomic E-state index is -0.421. The van der Waals surface area contributed by atoms with E-state index >= 15 is 0 Å². The van der Waals surface area contributed by atoms with Gasteiger partial charge in [0.15, 0.2) is 0 Å². The maximum atomic E-state index is 12.1. The minimum Gasteiger partial charge on any atom is -0.444 e. The van der Waals surface area contributed by atoms with Crippen molar-refractivity contribution in [2.75, 3.05) is 13.1 Å². The maximum Gasteiger partial charge on any atom is 0.410 e. The third kappa shape index (κ3) is 2.98. The van der Waals surface area contributed by atoms with Crippen molar-refractivity contribution in [1.29, 1.82) is 0 Å². The Hall–Kier alpha value is -0.790. The maximum absolute atomic E-state index is 12.1. The Morgan fingerprint density at radius 3 is 2.45 bits per heavy atom. The van der Waals surface area contributed by atoms with Crippen LogP contribution in [0, 0.1) is 15.5 Å². The van der Waals surface area contributed by atoms with E-state index in [0.29, 0.717) is 23.8 Å². The molecule has 2 unspecified atom stereocenters. The molecule has 1 saturated heterocycles. The molecule has 3 rings (SSSR count). The highest BCUT2D eigenvalue weighted by molar-refractivity contribution is 14.1. The van der Waals surface area contributed by atoms with Gasteiger partial charge in [0.05, 0.1) is 0 Å². The predicted octanol–water partition coefficient (Wildman–Crippen LogP) is 3.65. The number of hydrogen-bond donors (Lipinski definition) is 0. The molecule has 0 radical (unpaired) electrons. The molecule has 2 heterocycles. The average Bonchev–Trinajstić information content (AvgIpc) is 2.74. The SMILES string of the molecule is CC(C)n1nc(I)cc1C1C2CN(C(=O)OC(C)(C)C)CC21. The topological polar surface area (TPSA) is 47.4 Å². The van der Waals surface area contributed by atoms with Gasteiger partial charge in [0.25, 0.3) is 0 Å². The quantitative estimate of drug-likeness (QED) is 0.691. The zero-order chi connectivity index (χ0) is 16.2. The first kappa shape index (κ1) is 16.1. The first-order valence-corrected chi connectivity index (χ1v) is 8.98. The molecule has 1 aromatic rings. The Morgan fingerprint density at radius 1 is 1.36 bits per heavy atom. The lowest BCUT2D eigenvalue weighted by Gasteiger charge is -2.26. The second kappa shape index (κ2) is 5.39. The second-order valence-corrected chi connectivity index (χ2v) is 8.77. The fourth-order valence-electron chi connectivity index (χ4n) is 3.48. The zero-order valence-corrected chi connectivity index (χ0v) is 16.0. The minimum absolute atomic E-state index is 0.176. The number of carbonyl (C=O) groups is 1. The standard InChI is InChI=1S/C16H24IN3O2/c1-9(2)20-12(6-13(17)18-20)14-10-7-19(8-11(10)14)15(21)22-16(3,4)5/h6,9-11,14H,7-8H2,1-5H3. The normalized spacial score (nSPS) is 27.2. The summed E-state index contributed by atoms with van der Waals surface area (Å²) in [5, 5.41) is 4.60. The number of amides is 1. The molecule has 1 aliphatic carbocycles. The molecule has 1 saturated carbocycles. The second-order valence-electron chi connectivity index (χ2n) is 7.67. The summed E-state index contributed by atoms with van der Waals surface area (Å²) in [5.74, 6) is 1.69. The number of likely N-dealkylation sites (tertiary alicyclic amines) is 1. The van der Waals surface area contributed by atoms with Crippen LogP contribution < -0.4 is 0 Å². The lowest BCUT2D eigenvalue weighted by atomic mass is 10.2. The number of nitrogens with zero attached hydrogens (tertiary/aromatic N) is 3. The summed E-state index contributed by atoms with van der Waals surface area (Å²) < 4.78 is 8.66. The van der Waals surface area contributed by atoms with Crippen LogP contribution in [0.5, 0.6) is 0 Å². The number of rotatable bonds is 2. The van der Waals surface area contributed by atoms with Gasteiger partial charge in [-0.05, 0) is 75.1 Å². The number of piperidine rings is 1. The van der Waals surface area contributed by atoms with E-state index in [-0.39, 0.29) is 6.09 Å². The summed E-state index contributed by atoms with van der Waals surface area (Å²) >= 11 is 2.28. The van der Waals surface area contributed by atoms with Crippen molar-refractivity contribution >= 4 is 28.7 Å². The Labute approximate surface area is 145 Å². The Kier molecular flexibility index (Phi) is 3.94. The van der Waals surface area contributed by atoms with Crippen LogP contribution in [0.3, 0.4) is 0 Å². The number of ether oxygens (including phenoxy) is 1. The summed E-state index contributed by atoms with van der Waals surface area (Å²) in [6.07, 6.45) is -0.176. The van der Waals surface area contributed by atoms with E-state index in [1.165, 1.54) is 5.69 Å². The molecular formula is C16H24IN3O2. The first-order chi connectivity index (χ1) is 10.2. The van der Waals surface area contributed by atoms with Crippen molar-refractivity contribution in [2.45, 2.75) is 52.2 Å². The summed E-state index contributed by atoms with van der Waals surface area (Å²) in [5.41, 5.74) is 0.911. The molecular weight excluding hydrogens is 393 g/mol. The monoisotopic (exact) mass is 417 g/mol. The number of halogens is 1. The summed E-state index contributed by atoms with van der Waals surface area (Å²) in [7, 11) is 0. The lowest BCUT2D eigenvalue weighted by Crippen LogP contribution is -2.37. The molecule has 6 heteroatoms. The molecule has 22 heavy (non-hydrogen) atoms. The van der Waals surface area contributed by atoms with Crippen molar-refractivity contribution in [2.24, 2.45) is 11.8 Å². The van der Waals surface area contributed by atoms with Crippen LogP contribution in [0.4, 0.5) is 4.79 Å². The highest BCUT2D eigenvalue weighted by Gasteiger charge is 2.59. The van der Waals surface area contributed by atoms with Crippen molar-refractivity contribution < 1.29 is 9.53 Å². The van der Waals surface area contributed by atoms with Gasteiger partial charge in [-0.1, -0.05) is 0 Å². The van der Waals surface area contributed by atoms with E-state index in [1.54, 1.807) is 0 Å². The number of fused-ring (bicyclic) bond motifs is 1. The molecule has 1 aromatic heterocycles. The molecule has 0 spiro atoms. The van der Waals surface area contributed by atoms with Gasteiger partial charge in [0.1, 0.15) is 9.30 Å². The molecule has 2 aliphatic rings. The van der Waals surface area contributed by atoms with Crippen molar-refractivity contribution in [3.63, 3.8) is 0 Å². The molecule has 1 aliphatic heterocycles. The largest absolute Gasteiger partial charge is 0.444 e. The Balaban J connectivity index is 1.65. The lowest BCUT2D eigenvalue weighted by molar-refractivity contribution is 0.0270. The summed E-state index contributed by atoms with van der Waals surface area (Å²) in [6.45, 7) is 11.7. The van der Waals surface area contributed by atoms with Gasteiger partial charge < -0.3 is 9.64 Å². The number of carbonyl (C=O) groups excluding carboxylic acids is 1. The van der Waals surface area contributed by atoms with Gasteiger partial charge >= 0.3 is 6.09 Å². The third-order valence-electron chi connectivity index (χ3n) is 4.41. The van der Waals surface area contributed by atoms with Crippen molar-refractivity contribution in [3.05, 3.63) is 15.5 Å². The van der Waals surface area contributed by atoms with Gasteiger partial charge in [0, 0.05) is 30.7 Å². The van der Waals surface area contributed by atoms with E-state index in [2.05, 4.69) is 52.3 Å². The van der Waals surface area contributed by atoms with Crippen molar-refractivity contribution in [3.8, 4) is 0 Å². The zero-order valence-electron chi connectivity index (χ0n) is 13.8. The van der Waals surface area contributed by atoms with Crippen LogP contribution in [0.2, 0.25) is 0 Å². The fraction of sp³-hybridized carbons (Fsp3) is 0.750. The molecule has 122 valence electrons. The van der Waals surface area contributed by atoms with Gasteiger partial charge in [-0.25, -0.2) is 4.79 Å². The highest BCUT2D eigenvalue weighted by atomic mass is 127. The van der Waals surface area contributed by atoms with Gasteiger partial charge in [0.2, 0.25) is 0 Å². The van der Waals surface area contributed by atoms with E-state index in [0.717, 1.165) is 16.8 Å². The molecule has 0 N–H and O–H groups in total. The van der Waals surface area contributed by atoms with Crippen LogP contribution in [0.1, 0.15) is 52.3 Å². The van der Waals surface area contributed by atoms with Crippen LogP contribution in [0.15, 0.2) is 6.07 Å². The van der Waals surface area contributed by atoms with Crippen LogP contribution in [-0.4, -0.2) is 39.5 Å². The van der Waals surface area contributed by atoms with E-state index in [4.69, 9.17) is 4.74 Å². The van der Waals surface area contributed by atoms with Gasteiger partial charge in [-0.3, -0.25) is 4.68 Å². The molecule has 5 nitrogen and oxygen atoms in total. The molecule has 0 bridgehead atoms. The smallest absolute Gasteiger partial charge is 0.410 e. The first-order valence-electron chi connectivity index (χ1n) is 7.90. The van der Waals surface area contributed by atoms with Crippen LogP contribution in [-0.2, 0) is 4.74 Å². The Bertz CT molecular complexity index is 579. The van der Waals surface area contributed by atoms with Gasteiger partial charge in [-0.2, -0.15) is 5.10 Å². The van der Waals surface area contributed by atoms with E-state index < -0.39 is 5.60 Å². The highest BCUT2D eigenvalue weighted by Crippen LogP contribution is 2.58. The Morgan fingerprint density at radius 2 is 1.95 bits per heavy atom. The summed E-state index contributed by atoms with van der Waals surface area (Å²) in [4.78, 5) is 14.0. The van der Waals surface area contributed by atoms with Crippen LogP contribution >= 0.6 is 22.6 Å². The predicted molar refractivity (Wildman–Crippen MR) is 92.9 cm³/mol. The summed E-state index contributed by atoms with van der Waals surface area (Å²) in [6, 6.07) is 2.57.